The molecule has 26 heavy (non-hydrogen) atoms. The molecule has 4 heterocycles. The van der Waals surface area contributed by atoms with E-state index in [2.05, 4.69) is 61.1 Å². The summed E-state index contributed by atoms with van der Waals surface area (Å²) in [6.07, 6.45) is 8.55. The zero-order valence-electron chi connectivity index (χ0n) is 15.0. The third kappa shape index (κ3) is 2.76. The third-order valence-corrected chi connectivity index (χ3v) is 6.05. The van der Waals surface area contributed by atoms with E-state index in [-0.39, 0.29) is 0 Å². The first-order valence-electron chi connectivity index (χ1n) is 9.73. The maximum Gasteiger partial charge on any atom is 0.142 e. The van der Waals surface area contributed by atoms with Gasteiger partial charge in [-0.2, -0.15) is 0 Å². The molecule has 0 unspecified atom stereocenters. The quantitative estimate of drug-likeness (QED) is 0.770. The van der Waals surface area contributed by atoms with Crippen molar-refractivity contribution >= 4 is 16.9 Å². The second kappa shape index (κ2) is 6.72. The molecule has 2 atom stereocenters. The van der Waals surface area contributed by atoms with Crippen molar-refractivity contribution in [2.24, 2.45) is 0 Å². The fourth-order valence-electron chi connectivity index (χ4n) is 4.83. The molecule has 0 saturated carbocycles. The van der Waals surface area contributed by atoms with E-state index < -0.39 is 0 Å². The van der Waals surface area contributed by atoms with E-state index in [1.165, 1.54) is 44.3 Å². The number of rotatable bonds is 5. The fraction of sp³-hybridized carbons (Fsp3) is 0.429. The summed E-state index contributed by atoms with van der Waals surface area (Å²) in [7, 11) is 0. The lowest BCUT2D eigenvalue weighted by Crippen LogP contribution is -2.37. The molecule has 5 nitrogen and oxygen atoms in total. The molecular weight excluding hydrogens is 322 g/mol. The minimum atomic E-state index is 0.597. The van der Waals surface area contributed by atoms with E-state index >= 15 is 0 Å². The van der Waals surface area contributed by atoms with E-state index in [0.29, 0.717) is 12.1 Å². The average Bonchev–Trinajstić information content (AvgIpc) is 3.39. The first-order valence-corrected chi connectivity index (χ1v) is 9.73. The van der Waals surface area contributed by atoms with Gasteiger partial charge in [-0.05, 0) is 43.9 Å². The smallest absolute Gasteiger partial charge is 0.142 e. The Balaban J connectivity index is 1.26. The Morgan fingerprint density at radius 2 is 1.88 bits per heavy atom. The molecule has 5 rings (SSSR count). The standard InChI is InChI=1S/C21H25N5/c1-2-5-16(6-3-1)7-4-12-25-13-9-19-18(25)10-14-26(19)21-17-8-11-22-20(17)23-15-24-21/h1-3,5-6,8,11,15,18-19H,4,7,9-10,12-14H2,(H,22,23,24)/t18-,19-/m0/s1. The third-order valence-electron chi connectivity index (χ3n) is 6.05. The van der Waals surface area contributed by atoms with Crippen molar-refractivity contribution in [1.29, 1.82) is 0 Å². The second-order valence-corrected chi connectivity index (χ2v) is 7.47. The number of nitrogens with zero attached hydrogens (tertiary/aromatic N) is 4. The number of aromatic nitrogens is 3. The zero-order chi connectivity index (χ0) is 17.3. The maximum atomic E-state index is 4.62. The Hall–Kier alpha value is -2.40. The van der Waals surface area contributed by atoms with Crippen LogP contribution in [-0.2, 0) is 6.42 Å². The fourth-order valence-corrected chi connectivity index (χ4v) is 4.83. The van der Waals surface area contributed by atoms with Gasteiger partial charge in [-0.1, -0.05) is 30.3 Å². The largest absolute Gasteiger partial charge is 0.351 e. The van der Waals surface area contributed by atoms with Crippen LogP contribution in [0.15, 0.2) is 48.9 Å². The molecule has 0 radical (unpaired) electrons. The molecule has 5 heteroatoms. The van der Waals surface area contributed by atoms with Crippen LogP contribution in [0.4, 0.5) is 5.82 Å². The summed E-state index contributed by atoms with van der Waals surface area (Å²) in [6, 6.07) is 14.2. The van der Waals surface area contributed by atoms with Crippen molar-refractivity contribution in [2.75, 3.05) is 24.5 Å². The van der Waals surface area contributed by atoms with E-state index in [4.69, 9.17) is 0 Å². The number of nitrogens with one attached hydrogen (secondary N) is 1. The number of aromatic amines is 1. The predicted octanol–water partition coefficient (Wildman–Crippen LogP) is 3.24. The number of hydrogen-bond donors (Lipinski definition) is 1. The lowest BCUT2D eigenvalue weighted by atomic mass is 10.1. The Morgan fingerprint density at radius 3 is 2.81 bits per heavy atom. The van der Waals surface area contributed by atoms with Gasteiger partial charge >= 0.3 is 0 Å². The van der Waals surface area contributed by atoms with Crippen LogP contribution in [0.5, 0.6) is 0 Å². The molecule has 0 aliphatic carbocycles. The van der Waals surface area contributed by atoms with E-state index in [1.807, 2.05) is 6.20 Å². The van der Waals surface area contributed by atoms with Crippen LogP contribution in [0.3, 0.4) is 0 Å². The Bertz CT molecular complexity index is 874. The van der Waals surface area contributed by atoms with Gasteiger partial charge in [0.15, 0.2) is 0 Å². The molecule has 3 aromatic rings. The molecule has 0 amide bonds. The number of anilines is 1. The van der Waals surface area contributed by atoms with Crippen LogP contribution in [0.1, 0.15) is 24.8 Å². The number of likely N-dealkylation sites (tertiary alicyclic amines) is 1. The summed E-state index contributed by atoms with van der Waals surface area (Å²) < 4.78 is 0. The minimum absolute atomic E-state index is 0.597. The number of hydrogen-bond acceptors (Lipinski definition) is 4. The van der Waals surface area contributed by atoms with Crippen molar-refractivity contribution in [2.45, 2.75) is 37.8 Å². The average molecular weight is 347 g/mol. The molecule has 2 aromatic heterocycles. The predicted molar refractivity (Wildman–Crippen MR) is 104 cm³/mol. The monoisotopic (exact) mass is 347 g/mol. The van der Waals surface area contributed by atoms with Gasteiger partial charge in [-0.25, -0.2) is 9.97 Å². The van der Waals surface area contributed by atoms with Crippen molar-refractivity contribution in [3.05, 3.63) is 54.5 Å². The number of fused-ring (bicyclic) bond motifs is 2. The van der Waals surface area contributed by atoms with Crippen LogP contribution in [0.2, 0.25) is 0 Å². The molecule has 2 aliphatic rings. The first-order chi connectivity index (χ1) is 12.9. The summed E-state index contributed by atoms with van der Waals surface area (Å²) in [4.78, 5) is 17.4. The van der Waals surface area contributed by atoms with Crippen molar-refractivity contribution in [1.82, 2.24) is 19.9 Å². The van der Waals surface area contributed by atoms with Gasteiger partial charge in [0.2, 0.25) is 0 Å². The number of H-pyrrole nitrogens is 1. The summed E-state index contributed by atoms with van der Waals surface area (Å²) in [5.41, 5.74) is 2.39. The van der Waals surface area contributed by atoms with Gasteiger partial charge in [0, 0.05) is 31.4 Å². The Labute approximate surface area is 154 Å². The zero-order valence-corrected chi connectivity index (χ0v) is 15.0. The van der Waals surface area contributed by atoms with Gasteiger partial charge in [-0.15, -0.1) is 0 Å². The van der Waals surface area contributed by atoms with Crippen molar-refractivity contribution in [3.63, 3.8) is 0 Å². The van der Waals surface area contributed by atoms with E-state index in [9.17, 15) is 0 Å². The van der Waals surface area contributed by atoms with Crippen LogP contribution < -0.4 is 4.90 Å². The highest BCUT2D eigenvalue weighted by Gasteiger charge is 2.43. The molecular formula is C21H25N5. The maximum absolute atomic E-state index is 4.62. The molecule has 2 saturated heterocycles. The number of aryl methyl sites for hydroxylation is 1. The van der Waals surface area contributed by atoms with E-state index in [0.717, 1.165) is 23.4 Å². The molecule has 0 spiro atoms. The molecule has 0 bridgehead atoms. The van der Waals surface area contributed by atoms with Gasteiger partial charge < -0.3 is 9.88 Å². The highest BCUT2D eigenvalue weighted by atomic mass is 15.3. The lowest BCUT2D eigenvalue weighted by Gasteiger charge is -2.26. The van der Waals surface area contributed by atoms with Crippen LogP contribution in [0, 0.1) is 0 Å². The molecule has 134 valence electrons. The molecule has 1 aromatic carbocycles. The van der Waals surface area contributed by atoms with Crippen LogP contribution in [0.25, 0.3) is 11.0 Å². The molecule has 1 N–H and O–H groups in total. The summed E-state index contributed by atoms with van der Waals surface area (Å²) >= 11 is 0. The summed E-state index contributed by atoms with van der Waals surface area (Å²) in [5, 5.41) is 1.15. The Morgan fingerprint density at radius 1 is 1.00 bits per heavy atom. The molecule has 2 fully saturated rings. The van der Waals surface area contributed by atoms with Gasteiger partial charge in [0.05, 0.1) is 5.39 Å². The number of benzene rings is 1. The summed E-state index contributed by atoms with van der Waals surface area (Å²) in [5.74, 6) is 1.11. The topological polar surface area (TPSA) is 48.1 Å². The molecule has 2 aliphatic heterocycles. The van der Waals surface area contributed by atoms with Gasteiger partial charge in [-0.3, -0.25) is 4.90 Å². The van der Waals surface area contributed by atoms with Crippen LogP contribution in [-0.4, -0.2) is 51.6 Å². The minimum Gasteiger partial charge on any atom is -0.351 e. The first kappa shape index (κ1) is 15.8. The van der Waals surface area contributed by atoms with Gasteiger partial charge in [0.25, 0.3) is 0 Å². The van der Waals surface area contributed by atoms with E-state index in [1.54, 1.807) is 6.33 Å². The van der Waals surface area contributed by atoms with Gasteiger partial charge in [0.1, 0.15) is 17.8 Å². The second-order valence-electron chi connectivity index (χ2n) is 7.47. The van der Waals surface area contributed by atoms with Crippen molar-refractivity contribution < 1.29 is 0 Å². The highest BCUT2D eigenvalue weighted by Crippen LogP contribution is 2.36. The van der Waals surface area contributed by atoms with Crippen LogP contribution >= 0.6 is 0 Å². The Kier molecular flexibility index (Phi) is 4.09. The highest BCUT2D eigenvalue weighted by molar-refractivity contribution is 5.87. The normalized spacial score (nSPS) is 23.0. The lowest BCUT2D eigenvalue weighted by molar-refractivity contribution is 0.251. The SMILES string of the molecule is c1ccc(CCCN2CC[C@H]3[C@@H]2CCN3c2ncnc3[nH]ccc23)cc1. The van der Waals surface area contributed by atoms with Crippen molar-refractivity contribution in [3.8, 4) is 0 Å². The summed E-state index contributed by atoms with van der Waals surface area (Å²) in [6.45, 7) is 3.51.